The van der Waals surface area contributed by atoms with Crippen molar-refractivity contribution in [3.63, 3.8) is 0 Å². The maximum absolute atomic E-state index is 11.3. The number of hydrogen-bond acceptors (Lipinski definition) is 4. The van der Waals surface area contributed by atoms with Gasteiger partial charge in [-0.25, -0.2) is 4.98 Å². The Morgan fingerprint density at radius 2 is 2.05 bits per heavy atom. The molecule has 5 nitrogen and oxygen atoms in total. The van der Waals surface area contributed by atoms with Gasteiger partial charge < -0.3 is 16.8 Å². The zero-order valence-electron chi connectivity index (χ0n) is 11.7. The Morgan fingerprint density at radius 1 is 1.24 bits per heavy atom. The van der Waals surface area contributed by atoms with E-state index in [4.69, 9.17) is 11.5 Å². The number of carbonyl (C=O) groups excluding carboxylic acids is 1. The van der Waals surface area contributed by atoms with Crippen molar-refractivity contribution in [2.45, 2.75) is 25.7 Å². The van der Waals surface area contributed by atoms with Crippen LogP contribution in [0.3, 0.4) is 0 Å². The molecular weight excluding hydrogens is 264 g/mol. The number of fused-ring (bicyclic) bond motifs is 1. The normalized spacial score (nSPS) is 13.5. The molecule has 5 heteroatoms. The number of hydrogen-bond donors (Lipinski definition) is 3. The smallest absolute Gasteiger partial charge is 0.250 e. The molecular formula is C16H18N4O. The van der Waals surface area contributed by atoms with Gasteiger partial charge in [-0.3, -0.25) is 4.79 Å². The van der Waals surface area contributed by atoms with Gasteiger partial charge in [0.2, 0.25) is 0 Å². The molecule has 1 heterocycles. The van der Waals surface area contributed by atoms with E-state index >= 15 is 0 Å². The van der Waals surface area contributed by atoms with Crippen molar-refractivity contribution < 1.29 is 4.79 Å². The summed E-state index contributed by atoms with van der Waals surface area (Å²) in [6, 6.07) is 7.84. The van der Waals surface area contributed by atoms with Crippen molar-refractivity contribution >= 4 is 23.1 Å². The second-order valence-corrected chi connectivity index (χ2v) is 5.30. The second-order valence-electron chi connectivity index (χ2n) is 5.30. The Kier molecular flexibility index (Phi) is 3.48. The zero-order valence-corrected chi connectivity index (χ0v) is 11.7. The van der Waals surface area contributed by atoms with Gasteiger partial charge in [-0.1, -0.05) is 12.1 Å². The molecule has 2 aromatic rings. The van der Waals surface area contributed by atoms with Gasteiger partial charge in [0.15, 0.2) is 0 Å². The van der Waals surface area contributed by atoms with E-state index in [1.54, 1.807) is 6.07 Å². The van der Waals surface area contributed by atoms with E-state index in [1.807, 2.05) is 12.1 Å². The summed E-state index contributed by atoms with van der Waals surface area (Å²) in [6.45, 7) is 0. The number of benzene rings is 1. The van der Waals surface area contributed by atoms with Crippen LogP contribution >= 0.6 is 0 Å². The third-order valence-corrected chi connectivity index (χ3v) is 3.86. The zero-order chi connectivity index (χ0) is 14.8. The number of nitrogens with zero attached hydrogens (tertiary/aromatic N) is 1. The number of primary amides is 1. The number of nitrogens with one attached hydrogen (secondary N) is 1. The summed E-state index contributed by atoms with van der Waals surface area (Å²) < 4.78 is 0. The van der Waals surface area contributed by atoms with Crippen LogP contribution in [0, 0.1) is 0 Å². The fourth-order valence-corrected chi connectivity index (χ4v) is 2.78. The fraction of sp³-hybridized carbons (Fsp3) is 0.250. The minimum atomic E-state index is -0.548. The van der Waals surface area contributed by atoms with Gasteiger partial charge in [0, 0.05) is 5.69 Å². The summed E-state index contributed by atoms with van der Waals surface area (Å²) in [5.41, 5.74) is 15.4. The molecule has 1 aliphatic carbocycles. The van der Waals surface area contributed by atoms with Crippen LogP contribution < -0.4 is 16.8 Å². The monoisotopic (exact) mass is 282 g/mol. The summed E-state index contributed by atoms with van der Waals surface area (Å²) in [4.78, 5) is 15.6. The van der Waals surface area contributed by atoms with Crippen molar-refractivity contribution in [1.82, 2.24) is 4.98 Å². The maximum Gasteiger partial charge on any atom is 0.250 e. The van der Waals surface area contributed by atoms with Gasteiger partial charge in [-0.05, 0) is 48.9 Å². The number of pyridine rings is 1. The third-order valence-electron chi connectivity index (χ3n) is 3.86. The molecule has 3 rings (SSSR count). The summed E-state index contributed by atoms with van der Waals surface area (Å²) in [7, 11) is 0. The molecule has 0 bridgehead atoms. The lowest BCUT2D eigenvalue weighted by Gasteiger charge is -2.20. The van der Waals surface area contributed by atoms with E-state index in [-0.39, 0.29) is 5.56 Å². The number of rotatable bonds is 3. The van der Waals surface area contributed by atoms with Crippen molar-refractivity contribution in [1.29, 1.82) is 0 Å². The molecule has 0 atom stereocenters. The Labute approximate surface area is 123 Å². The van der Waals surface area contributed by atoms with Crippen molar-refractivity contribution in [2.24, 2.45) is 5.73 Å². The first-order chi connectivity index (χ1) is 10.1. The largest absolute Gasteiger partial charge is 0.397 e. The molecule has 108 valence electrons. The number of anilines is 3. The van der Waals surface area contributed by atoms with Crippen molar-refractivity contribution in [3.05, 3.63) is 47.2 Å². The first kappa shape index (κ1) is 13.4. The molecule has 1 amide bonds. The SMILES string of the molecule is NC(=O)c1cc(Nc2cccc3c2CCCC3)ncc1N. The number of nitrogen functional groups attached to an aromatic ring is 1. The first-order valence-electron chi connectivity index (χ1n) is 7.08. The quantitative estimate of drug-likeness (QED) is 0.805. The highest BCUT2D eigenvalue weighted by Crippen LogP contribution is 2.30. The van der Waals surface area contributed by atoms with Crippen LogP contribution in [-0.2, 0) is 12.8 Å². The number of aromatic nitrogens is 1. The van der Waals surface area contributed by atoms with Crippen LogP contribution in [0.25, 0.3) is 0 Å². The number of aryl methyl sites for hydroxylation is 1. The van der Waals surface area contributed by atoms with Gasteiger partial charge >= 0.3 is 0 Å². The van der Waals surface area contributed by atoms with Gasteiger partial charge in [0.25, 0.3) is 5.91 Å². The molecule has 0 spiro atoms. The summed E-state index contributed by atoms with van der Waals surface area (Å²) >= 11 is 0. The lowest BCUT2D eigenvalue weighted by molar-refractivity contribution is 0.100. The van der Waals surface area contributed by atoms with Crippen molar-refractivity contribution in [2.75, 3.05) is 11.1 Å². The maximum atomic E-state index is 11.3. The van der Waals surface area contributed by atoms with Crippen molar-refractivity contribution in [3.8, 4) is 0 Å². The Bertz CT molecular complexity index is 697. The highest BCUT2D eigenvalue weighted by atomic mass is 16.1. The molecule has 0 saturated carbocycles. The standard InChI is InChI=1S/C16H18N4O/c17-13-9-19-15(8-12(13)16(18)21)20-14-7-3-5-10-4-1-2-6-11(10)14/h3,5,7-9H,1-2,4,6,17H2,(H2,18,21)(H,19,20). The molecule has 21 heavy (non-hydrogen) atoms. The fourth-order valence-electron chi connectivity index (χ4n) is 2.78. The highest BCUT2D eigenvalue weighted by molar-refractivity contribution is 5.98. The minimum absolute atomic E-state index is 0.289. The predicted molar refractivity (Wildman–Crippen MR) is 83.5 cm³/mol. The lowest BCUT2D eigenvalue weighted by atomic mass is 9.90. The summed E-state index contributed by atoms with van der Waals surface area (Å²) in [5, 5.41) is 3.28. The van der Waals surface area contributed by atoms with E-state index in [1.165, 1.54) is 30.2 Å². The summed E-state index contributed by atoms with van der Waals surface area (Å²) in [6.07, 6.45) is 6.08. The molecule has 0 saturated heterocycles. The van der Waals surface area contributed by atoms with Gasteiger partial charge in [-0.2, -0.15) is 0 Å². The molecule has 1 aromatic carbocycles. The van der Waals surface area contributed by atoms with Gasteiger partial charge in [-0.15, -0.1) is 0 Å². The predicted octanol–water partition coefficient (Wildman–Crippen LogP) is 2.39. The Balaban J connectivity index is 1.94. The van der Waals surface area contributed by atoms with Crippen LogP contribution in [0.4, 0.5) is 17.2 Å². The topological polar surface area (TPSA) is 94.0 Å². The Hall–Kier alpha value is -2.56. The summed E-state index contributed by atoms with van der Waals surface area (Å²) in [5.74, 6) is 0.0324. The number of carbonyl (C=O) groups is 1. The molecule has 0 aliphatic heterocycles. The first-order valence-corrected chi connectivity index (χ1v) is 7.08. The highest BCUT2D eigenvalue weighted by Gasteiger charge is 2.14. The molecule has 0 fully saturated rings. The van der Waals surface area contributed by atoms with Crippen LogP contribution in [0.15, 0.2) is 30.5 Å². The molecule has 1 aromatic heterocycles. The molecule has 1 aliphatic rings. The van der Waals surface area contributed by atoms with Gasteiger partial charge in [0.05, 0.1) is 17.4 Å². The number of nitrogens with two attached hydrogens (primary N) is 2. The van der Waals surface area contributed by atoms with E-state index in [0.29, 0.717) is 11.5 Å². The second kappa shape index (κ2) is 5.44. The van der Waals surface area contributed by atoms with Crippen LogP contribution in [0.1, 0.15) is 34.3 Å². The Morgan fingerprint density at radius 3 is 2.86 bits per heavy atom. The lowest BCUT2D eigenvalue weighted by Crippen LogP contribution is -2.14. The van der Waals surface area contributed by atoms with E-state index in [2.05, 4.69) is 16.4 Å². The minimum Gasteiger partial charge on any atom is -0.397 e. The van der Waals surface area contributed by atoms with E-state index in [9.17, 15) is 4.79 Å². The van der Waals surface area contributed by atoms with Crippen LogP contribution in [-0.4, -0.2) is 10.9 Å². The average molecular weight is 282 g/mol. The van der Waals surface area contributed by atoms with E-state index < -0.39 is 5.91 Å². The average Bonchev–Trinajstić information content (AvgIpc) is 2.49. The van der Waals surface area contributed by atoms with Crippen LogP contribution in [0.2, 0.25) is 0 Å². The third kappa shape index (κ3) is 2.67. The molecule has 0 radical (unpaired) electrons. The molecule has 0 unspecified atom stereocenters. The van der Waals surface area contributed by atoms with E-state index in [0.717, 1.165) is 18.5 Å². The molecule has 5 N–H and O–H groups in total. The van der Waals surface area contributed by atoms with Gasteiger partial charge in [0.1, 0.15) is 5.82 Å². The number of amides is 1. The van der Waals surface area contributed by atoms with Crippen LogP contribution in [0.5, 0.6) is 0 Å².